The zero-order valence-electron chi connectivity index (χ0n) is 26.6. The first-order chi connectivity index (χ1) is 20.3. The van der Waals surface area contributed by atoms with Gasteiger partial charge in [0.25, 0.3) is 0 Å². The molecule has 0 aromatic heterocycles. The molecular formula is C34H52O8. The molecule has 0 amide bonds. The Morgan fingerprint density at radius 3 is 1.02 bits per heavy atom. The minimum absolute atomic E-state index is 0.0415. The van der Waals surface area contributed by atoms with Crippen molar-refractivity contribution in [1.29, 1.82) is 0 Å². The van der Waals surface area contributed by atoms with Crippen molar-refractivity contribution >= 4 is 0 Å². The molecule has 0 spiro atoms. The molecule has 8 nitrogen and oxygen atoms in total. The number of rotatable bonds is 4. The third-order valence-corrected chi connectivity index (χ3v) is 7.90. The Balaban J connectivity index is 1.58. The van der Waals surface area contributed by atoms with Gasteiger partial charge in [-0.15, -0.1) is 0 Å². The summed E-state index contributed by atoms with van der Waals surface area (Å²) in [6, 6.07) is 12.3. The SMILES string of the molecule is CCC(C)(C)c1ccc2c(c1)OCCOCCOCCOc1ccc(C(C)(C)CC)cc1OCCOCCOCCO2. The van der Waals surface area contributed by atoms with Gasteiger partial charge in [0, 0.05) is 0 Å². The third kappa shape index (κ3) is 11.0. The van der Waals surface area contributed by atoms with Crippen molar-refractivity contribution in [1.82, 2.24) is 0 Å². The minimum Gasteiger partial charge on any atom is -0.487 e. The van der Waals surface area contributed by atoms with E-state index in [1.54, 1.807) is 0 Å². The molecule has 0 unspecified atom stereocenters. The van der Waals surface area contributed by atoms with E-state index in [1.807, 2.05) is 12.1 Å². The predicted molar refractivity (Wildman–Crippen MR) is 165 cm³/mol. The van der Waals surface area contributed by atoms with Gasteiger partial charge in [-0.25, -0.2) is 0 Å². The summed E-state index contributed by atoms with van der Waals surface area (Å²) in [5, 5.41) is 0. The van der Waals surface area contributed by atoms with Crippen LogP contribution in [0.1, 0.15) is 65.5 Å². The van der Waals surface area contributed by atoms with Crippen molar-refractivity contribution in [3.05, 3.63) is 47.5 Å². The van der Waals surface area contributed by atoms with Gasteiger partial charge in [0.1, 0.15) is 26.4 Å². The number of hydrogen-bond donors (Lipinski definition) is 0. The Bertz CT molecular complexity index is 968. The van der Waals surface area contributed by atoms with Crippen LogP contribution in [-0.4, -0.2) is 79.3 Å². The molecule has 1 aliphatic rings. The molecule has 0 atom stereocenters. The molecule has 0 fully saturated rings. The van der Waals surface area contributed by atoms with Crippen molar-refractivity contribution in [3.63, 3.8) is 0 Å². The van der Waals surface area contributed by atoms with Gasteiger partial charge in [-0.2, -0.15) is 0 Å². The number of benzene rings is 2. The van der Waals surface area contributed by atoms with Crippen molar-refractivity contribution in [2.75, 3.05) is 79.3 Å². The van der Waals surface area contributed by atoms with Crippen LogP contribution >= 0.6 is 0 Å². The fraction of sp³-hybridized carbons (Fsp3) is 0.647. The van der Waals surface area contributed by atoms with E-state index in [0.717, 1.165) is 24.3 Å². The molecule has 1 heterocycles. The summed E-state index contributed by atoms with van der Waals surface area (Å²) in [6.45, 7) is 18.7. The zero-order chi connectivity index (χ0) is 30.3. The maximum absolute atomic E-state index is 6.09. The summed E-state index contributed by atoms with van der Waals surface area (Å²) in [6.07, 6.45) is 2.04. The Labute approximate surface area is 252 Å². The lowest BCUT2D eigenvalue weighted by Crippen LogP contribution is -2.18. The number of hydrogen-bond acceptors (Lipinski definition) is 8. The van der Waals surface area contributed by atoms with E-state index in [1.165, 1.54) is 11.1 Å². The van der Waals surface area contributed by atoms with Crippen LogP contribution in [0.4, 0.5) is 0 Å². The Morgan fingerprint density at radius 1 is 0.429 bits per heavy atom. The fourth-order valence-electron chi connectivity index (χ4n) is 4.22. The first-order valence-electron chi connectivity index (χ1n) is 15.4. The second-order valence-corrected chi connectivity index (χ2v) is 11.6. The molecule has 0 bridgehead atoms. The lowest BCUT2D eigenvalue weighted by atomic mass is 9.82. The van der Waals surface area contributed by atoms with Crippen LogP contribution in [0.3, 0.4) is 0 Å². The first-order valence-corrected chi connectivity index (χ1v) is 15.4. The zero-order valence-corrected chi connectivity index (χ0v) is 26.6. The van der Waals surface area contributed by atoms with E-state index in [9.17, 15) is 0 Å². The highest BCUT2D eigenvalue weighted by atomic mass is 16.6. The largest absolute Gasteiger partial charge is 0.487 e. The smallest absolute Gasteiger partial charge is 0.161 e. The summed E-state index contributed by atoms with van der Waals surface area (Å²) >= 11 is 0. The molecule has 0 saturated heterocycles. The van der Waals surface area contributed by atoms with Gasteiger partial charge in [0.05, 0.1) is 52.9 Å². The molecule has 2 aromatic rings. The van der Waals surface area contributed by atoms with Crippen LogP contribution in [0.5, 0.6) is 23.0 Å². The summed E-state index contributed by atoms with van der Waals surface area (Å²) in [5.41, 5.74) is 2.50. The summed E-state index contributed by atoms with van der Waals surface area (Å²) in [5.74, 6) is 2.83. The maximum atomic E-state index is 6.09. The average molecular weight is 589 g/mol. The lowest BCUT2D eigenvalue weighted by Gasteiger charge is -2.25. The van der Waals surface area contributed by atoms with E-state index in [4.69, 9.17) is 37.9 Å². The van der Waals surface area contributed by atoms with Crippen molar-refractivity contribution in [3.8, 4) is 23.0 Å². The summed E-state index contributed by atoms with van der Waals surface area (Å²) < 4.78 is 47.1. The molecule has 2 aromatic carbocycles. The highest BCUT2D eigenvalue weighted by Gasteiger charge is 2.21. The Kier molecular flexibility index (Phi) is 14.2. The normalized spacial score (nSPS) is 17.7. The van der Waals surface area contributed by atoms with Crippen LogP contribution in [0.25, 0.3) is 0 Å². The van der Waals surface area contributed by atoms with Crippen molar-refractivity contribution in [2.24, 2.45) is 0 Å². The lowest BCUT2D eigenvalue weighted by molar-refractivity contribution is 0.0223. The van der Waals surface area contributed by atoms with Crippen LogP contribution in [0.15, 0.2) is 36.4 Å². The standard InChI is InChI=1S/C34H52O8/c1-7-33(3,4)27-9-11-29-31(25-27)41-23-19-37-15-13-36-18-22-40-30-12-10-28(34(5,6)8-2)26-32(30)42-24-20-38-16-14-35-17-21-39-29/h9-12,25-26H,7-8,13-24H2,1-6H3. The molecular weight excluding hydrogens is 536 g/mol. The summed E-state index contributed by atoms with van der Waals surface area (Å²) in [4.78, 5) is 0. The molecule has 0 N–H and O–H groups in total. The fourth-order valence-corrected chi connectivity index (χ4v) is 4.22. The maximum Gasteiger partial charge on any atom is 0.161 e. The number of fused-ring (bicyclic) bond motifs is 2. The minimum atomic E-state index is 0.0415. The number of ether oxygens (including phenoxy) is 8. The van der Waals surface area contributed by atoms with Gasteiger partial charge >= 0.3 is 0 Å². The molecule has 3 rings (SSSR count). The Hall–Kier alpha value is -2.52. The van der Waals surface area contributed by atoms with E-state index < -0.39 is 0 Å². The first kappa shape index (κ1) is 34.0. The quantitative estimate of drug-likeness (QED) is 0.409. The van der Waals surface area contributed by atoms with Gasteiger partial charge in [0.2, 0.25) is 0 Å². The van der Waals surface area contributed by atoms with E-state index in [-0.39, 0.29) is 10.8 Å². The summed E-state index contributed by atoms with van der Waals surface area (Å²) in [7, 11) is 0. The van der Waals surface area contributed by atoms with Crippen LogP contribution in [-0.2, 0) is 29.8 Å². The molecule has 42 heavy (non-hydrogen) atoms. The predicted octanol–water partition coefficient (Wildman–Crippen LogP) is 6.36. The highest BCUT2D eigenvalue weighted by molar-refractivity contribution is 5.46. The van der Waals surface area contributed by atoms with E-state index in [0.29, 0.717) is 90.8 Å². The molecule has 0 saturated carbocycles. The molecule has 0 radical (unpaired) electrons. The molecule has 1 aliphatic heterocycles. The third-order valence-electron chi connectivity index (χ3n) is 7.90. The average Bonchev–Trinajstić information content (AvgIpc) is 2.99. The van der Waals surface area contributed by atoms with Gasteiger partial charge < -0.3 is 37.9 Å². The molecule has 236 valence electrons. The Morgan fingerprint density at radius 2 is 0.714 bits per heavy atom. The topological polar surface area (TPSA) is 73.8 Å². The van der Waals surface area contributed by atoms with Crippen molar-refractivity contribution < 1.29 is 37.9 Å². The van der Waals surface area contributed by atoms with E-state index >= 15 is 0 Å². The van der Waals surface area contributed by atoms with Crippen LogP contribution in [0, 0.1) is 0 Å². The van der Waals surface area contributed by atoms with Crippen molar-refractivity contribution in [2.45, 2.75) is 65.2 Å². The van der Waals surface area contributed by atoms with Crippen LogP contribution in [0.2, 0.25) is 0 Å². The van der Waals surface area contributed by atoms with Gasteiger partial charge in [0.15, 0.2) is 23.0 Å². The molecule has 8 heteroatoms. The molecule has 0 aliphatic carbocycles. The van der Waals surface area contributed by atoms with Crippen LogP contribution < -0.4 is 18.9 Å². The second kappa shape index (κ2) is 17.6. The van der Waals surface area contributed by atoms with Gasteiger partial charge in [-0.3, -0.25) is 0 Å². The van der Waals surface area contributed by atoms with E-state index in [2.05, 4.69) is 65.8 Å². The monoisotopic (exact) mass is 588 g/mol. The highest BCUT2D eigenvalue weighted by Crippen LogP contribution is 2.36. The second-order valence-electron chi connectivity index (χ2n) is 11.6. The van der Waals surface area contributed by atoms with Gasteiger partial charge in [-0.05, 0) is 59.1 Å². The van der Waals surface area contributed by atoms with Gasteiger partial charge in [-0.1, -0.05) is 53.7 Å².